The molecule has 1 aliphatic heterocycles. The van der Waals surface area contributed by atoms with Crippen LogP contribution in [0.15, 0.2) is 72.8 Å². The molecule has 0 spiro atoms. The molecule has 5 rings (SSSR count). The molecule has 1 N–H and O–H groups in total. The Morgan fingerprint density at radius 1 is 0.870 bits per heavy atom. The van der Waals surface area contributed by atoms with Crippen LogP contribution in [0.2, 0.25) is 0 Å². The molecule has 1 aromatic heterocycles. The Kier molecular flexibility index (Phi) is 12.1. The molecule has 0 atom stereocenters. The summed E-state index contributed by atoms with van der Waals surface area (Å²) in [5, 5.41) is 3.58. The van der Waals surface area contributed by atoms with Crippen LogP contribution in [0.5, 0.6) is 5.75 Å². The highest BCUT2D eigenvalue weighted by molar-refractivity contribution is 5.98. The van der Waals surface area contributed by atoms with Gasteiger partial charge in [0.2, 0.25) is 5.95 Å². The Balaban J connectivity index is 1.36. The third-order valence-electron chi connectivity index (χ3n) is 8.90. The smallest absolute Gasteiger partial charge is 0.253 e. The van der Waals surface area contributed by atoms with E-state index in [-0.39, 0.29) is 5.91 Å². The maximum Gasteiger partial charge on any atom is 0.253 e. The van der Waals surface area contributed by atoms with E-state index in [1.807, 2.05) is 54.6 Å². The van der Waals surface area contributed by atoms with Crippen molar-refractivity contribution in [2.45, 2.75) is 79.4 Å². The molecule has 46 heavy (non-hydrogen) atoms. The number of imidazole rings is 1. The summed E-state index contributed by atoms with van der Waals surface area (Å²) in [5.74, 6) is 2.84. The van der Waals surface area contributed by atoms with Crippen LogP contribution in [0.3, 0.4) is 0 Å². The lowest BCUT2D eigenvalue weighted by Crippen LogP contribution is -2.34. The van der Waals surface area contributed by atoms with Crippen molar-refractivity contribution in [1.82, 2.24) is 19.4 Å². The highest BCUT2D eigenvalue weighted by Gasteiger charge is 2.20. The molecule has 4 aromatic rings. The number of carbonyl (C=O) groups excluding carboxylic acids is 1. The molecule has 1 saturated heterocycles. The molecule has 2 heterocycles. The first kappa shape index (κ1) is 33.5. The molecule has 7 nitrogen and oxygen atoms in total. The molecular weight excluding hydrogens is 570 g/mol. The molecule has 7 heteroatoms. The van der Waals surface area contributed by atoms with Gasteiger partial charge >= 0.3 is 0 Å². The van der Waals surface area contributed by atoms with E-state index < -0.39 is 0 Å². The zero-order valence-electron chi connectivity index (χ0n) is 28.4. The summed E-state index contributed by atoms with van der Waals surface area (Å²) in [6, 6.07) is 24.3. The number of ether oxygens (including phenoxy) is 1. The fourth-order valence-electron chi connectivity index (χ4n) is 6.04. The average molecular weight is 624 g/mol. The van der Waals surface area contributed by atoms with Crippen molar-refractivity contribution in [3.05, 3.63) is 83.9 Å². The van der Waals surface area contributed by atoms with E-state index >= 15 is 0 Å². The minimum atomic E-state index is 0.116. The van der Waals surface area contributed by atoms with Gasteiger partial charge in [0, 0.05) is 30.9 Å². The van der Waals surface area contributed by atoms with Gasteiger partial charge in [-0.2, -0.15) is 0 Å². The van der Waals surface area contributed by atoms with Crippen LogP contribution in [-0.2, 0) is 13.2 Å². The number of hydrogen-bond acceptors (Lipinski definition) is 5. The van der Waals surface area contributed by atoms with Gasteiger partial charge in [0.1, 0.15) is 12.4 Å². The number of nitrogens with zero attached hydrogens (tertiary/aromatic N) is 4. The van der Waals surface area contributed by atoms with Crippen molar-refractivity contribution >= 4 is 28.6 Å². The van der Waals surface area contributed by atoms with Gasteiger partial charge in [-0.3, -0.25) is 4.79 Å². The minimum absolute atomic E-state index is 0.116. The van der Waals surface area contributed by atoms with Crippen LogP contribution in [0.1, 0.15) is 82.1 Å². The third kappa shape index (κ3) is 9.58. The van der Waals surface area contributed by atoms with Crippen LogP contribution < -0.4 is 10.1 Å². The maximum atomic E-state index is 13.9. The lowest BCUT2D eigenvalue weighted by atomic mass is 10.1. The first-order valence-corrected chi connectivity index (χ1v) is 17.4. The zero-order chi connectivity index (χ0) is 32.3. The zero-order valence-corrected chi connectivity index (χ0v) is 28.4. The number of fused-ring (bicyclic) bond motifs is 1. The lowest BCUT2D eigenvalue weighted by Gasteiger charge is -2.26. The number of likely N-dealkylation sites (tertiary alicyclic amines) is 1. The number of nitrogens with one attached hydrogen (secondary N) is 1. The summed E-state index contributed by atoms with van der Waals surface area (Å²) < 4.78 is 8.27. The van der Waals surface area contributed by atoms with Crippen molar-refractivity contribution in [3.8, 4) is 5.75 Å². The van der Waals surface area contributed by atoms with E-state index in [1.165, 1.54) is 32.4 Å². The number of benzene rings is 3. The number of aromatic nitrogens is 2. The maximum absolute atomic E-state index is 13.9. The first-order chi connectivity index (χ1) is 22.4. The molecule has 3 aromatic carbocycles. The van der Waals surface area contributed by atoms with Crippen molar-refractivity contribution < 1.29 is 9.53 Å². The van der Waals surface area contributed by atoms with Gasteiger partial charge in [0.25, 0.3) is 5.91 Å². The molecule has 0 saturated carbocycles. The molecular formula is C39H53N5O2. The first-order valence-electron chi connectivity index (χ1n) is 17.4. The van der Waals surface area contributed by atoms with Gasteiger partial charge in [-0.15, -0.1) is 0 Å². The Morgan fingerprint density at radius 2 is 1.57 bits per heavy atom. The van der Waals surface area contributed by atoms with Crippen LogP contribution in [-0.4, -0.2) is 58.0 Å². The largest absolute Gasteiger partial charge is 0.489 e. The van der Waals surface area contributed by atoms with Crippen molar-refractivity contribution in [2.75, 3.05) is 38.0 Å². The summed E-state index contributed by atoms with van der Waals surface area (Å²) in [7, 11) is 0. The third-order valence-corrected chi connectivity index (χ3v) is 8.90. The van der Waals surface area contributed by atoms with Gasteiger partial charge in [-0.25, -0.2) is 4.98 Å². The van der Waals surface area contributed by atoms with E-state index in [0.29, 0.717) is 18.4 Å². The van der Waals surface area contributed by atoms with E-state index in [9.17, 15) is 4.79 Å². The Bertz CT molecular complexity index is 1490. The molecule has 246 valence electrons. The summed E-state index contributed by atoms with van der Waals surface area (Å²) in [6.07, 6.45) is 6.96. The minimum Gasteiger partial charge on any atom is -0.489 e. The SMILES string of the molecule is CC(C)CCN(CCC(C)C)C(=O)c1ccc2nc(Nc3ccc(OCc4ccccc4)cc3)n(CCCN3CCCCC3)c2c1. The summed E-state index contributed by atoms with van der Waals surface area (Å²) >= 11 is 0. The Morgan fingerprint density at radius 3 is 2.24 bits per heavy atom. The molecule has 1 fully saturated rings. The predicted octanol–water partition coefficient (Wildman–Crippen LogP) is 8.77. The topological polar surface area (TPSA) is 62.6 Å². The number of anilines is 2. The van der Waals surface area contributed by atoms with Gasteiger partial charge in [-0.05, 0) is 112 Å². The summed E-state index contributed by atoms with van der Waals surface area (Å²) in [5.41, 5.74) is 4.73. The van der Waals surface area contributed by atoms with E-state index in [2.05, 4.69) is 65.6 Å². The average Bonchev–Trinajstić information content (AvgIpc) is 3.40. The number of rotatable bonds is 16. The Labute approximate surface area is 276 Å². The number of amides is 1. The highest BCUT2D eigenvalue weighted by atomic mass is 16.5. The van der Waals surface area contributed by atoms with Gasteiger partial charge in [-0.1, -0.05) is 64.4 Å². The Hall–Kier alpha value is -3.84. The highest BCUT2D eigenvalue weighted by Crippen LogP contribution is 2.27. The van der Waals surface area contributed by atoms with Crippen LogP contribution in [0.25, 0.3) is 11.0 Å². The van der Waals surface area contributed by atoms with Crippen molar-refractivity contribution in [1.29, 1.82) is 0 Å². The summed E-state index contributed by atoms with van der Waals surface area (Å²) in [4.78, 5) is 23.5. The van der Waals surface area contributed by atoms with Crippen LogP contribution in [0.4, 0.5) is 11.6 Å². The molecule has 1 aliphatic rings. The standard InChI is InChI=1S/C39H53N5O2/c1-30(2)20-26-43(27-21-31(3)4)38(45)33-14-19-36-37(28-33)44(25-11-24-42-22-9-6-10-23-42)39(41-36)40-34-15-17-35(18-16-34)46-29-32-12-7-5-8-13-32/h5,7-8,12-19,28,30-31H,6,9-11,20-27,29H2,1-4H3,(H,40,41). The molecule has 0 bridgehead atoms. The second-order valence-corrected chi connectivity index (χ2v) is 13.6. The number of aryl methyl sites for hydroxylation is 1. The van der Waals surface area contributed by atoms with Crippen molar-refractivity contribution in [2.24, 2.45) is 11.8 Å². The summed E-state index contributed by atoms with van der Waals surface area (Å²) in [6.45, 7) is 15.3. The normalized spacial score (nSPS) is 13.9. The van der Waals surface area contributed by atoms with E-state index in [0.717, 1.165) is 85.0 Å². The van der Waals surface area contributed by atoms with E-state index in [4.69, 9.17) is 9.72 Å². The van der Waals surface area contributed by atoms with Crippen LogP contribution in [0, 0.1) is 11.8 Å². The van der Waals surface area contributed by atoms with Crippen molar-refractivity contribution in [3.63, 3.8) is 0 Å². The quantitative estimate of drug-likeness (QED) is 0.135. The number of hydrogen-bond donors (Lipinski definition) is 1. The fraction of sp³-hybridized carbons (Fsp3) is 0.487. The monoisotopic (exact) mass is 623 g/mol. The lowest BCUT2D eigenvalue weighted by molar-refractivity contribution is 0.0741. The molecule has 0 radical (unpaired) electrons. The molecule has 0 unspecified atom stereocenters. The fourth-order valence-corrected chi connectivity index (χ4v) is 6.04. The molecule has 1 amide bonds. The van der Waals surface area contributed by atoms with E-state index in [1.54, 1.807) is 0 Å². The van der Waals surface area contributed by atoms with Gasteiger partial charge < -0.3 is 24.4 Å². The number of carbonyl (C=O) groups is 1. The van der Waals surface area contributed by atoms with Crippen LogP contribution >= 0.6 is 0 Å². The van der Waals surface area contributed by atoms with Gasteiger partial charge in [0.15, 0.2) is 0 Å². The van der Waals surface area contributed by atoms with Gasteiger partial charge in [0.05, 0.1) is 11.0 Å². The molecule has 0 aliphatic carbocycles. The number of piperidine rings is 1. The second-order valence-electron chi connectivity index (χ2n) is 13.6. The predicted molar refractivity (Wildman–Crippen MR) is 190 cm³/mol. The second kappa shape index (κ2) is 16.6.